The third-order valence-corrected chi connectivity index (χ3v) is 2.75. The van der Waals surface area contributed by atoms with E-state index in [1.807, 2.05) is 4.49 Å². The van der Waals surface area contributed by atoms with Crippen molar-refractivity contribution >= 4 is 27.5 Å². The van der Waals surface area contributed by atoms with Gasteiger partial charge in [0.15, 0.2) is 0 Å². The molecule has 12 heavy (non-hydrogen) atoms. The molecule has 0 heterocycles. The summed E-state index contributed by atoms with van der Waals surface area (Å²) in [6, 6.07) is 0. The smallest absolute Gasteiger partial charge is 0.310 e. The predicted octanol–water partition coefficient (Wildman–Crippen LogP) is -0.00470. The minimum atomic E-state index is -4.89. The van der Waals surface area contributed by atoms with Gasteiger partial charge in [-0.05, 0) is 6.26 Å². The summed E-state index contributed by atoms with van der Waals surface area (Å²) in [5.41, 5.74) is 0. The van der Waals surface area contributed by atoms with E-state index >= 15 is 0 Å². The maximum absolute atomic E-state index is 10.6. The SMILES string of the molecule is CSNP(=O)(O)OOP(=O)(O)O. The van der Waals surface area contributed by atoms with Crippen LogP contribution in [0.1, 0.15) is 0 Å². The first-order valence-electron chi connectivity index (χ1n) is 2.33. The van der Waals surface area contributed by atoms with E-state index in [2.05, 4.69) is 9.35 Å². The highest BCUT2D eigenvalue weighted by atomic mass is 32.2. The summed E-state index contributed by atoms with van der Waals surface area (Å²) in [4.78, 5) is 24.7. The molecule has 0 saturated carbocycles. The molecule has 0 fully saturated rings. The molecular weight excluding hydrogens is 232 g/mol. The van der Waals surface area contributed by atoms with E-state index in [1.165, 1.54) is 6.26 Å². The molecule has 0 radical (unpaired) electrons. The molecule has 0 aromatic heterocycles. The first-order valence-corrected chi connectivity index (χ1v) is 6.67. The number of rotatable bonds is 5. The molecule has 0 amide bonds. The normalized spacial score (nSPS) is 17.3. The van der Waals surface area contributed by atoms with Crippen LogP contribution in [0.15, 0.2) is 0 Å². The van der Waals surface area contributed by atoms with Crippen molar-refractivity contribution in [2.24, 2.45) is 0 Å². The van der Waals surface area contributed by atoms with Crippen LogP contribution in [0.4, 0.5) is 0 Å². The zero-order valence-electron chi connectivity index (χ0n) is 5.78. The highest BCUT2D eigenvalue weighted by Gasteiger charge is 2.26. The number of hydrogen-bond acceptors (Lipinski definition) is 5. The Bertz CT molecular complexity index is 223. The molecule has 0 aromatic rings. The maximum Gasteiger partial charge on any atom is 0.497 e. The second-order valence-electron chi connectivity index (χ2n) is 1.46. The van der Waals surface area contributed by atoms with Gasteiger partial charge in [-0.25, -0.2) is 9.13 Å². The molecule has 11 heteroatoms. The van der Waals surface area contributed by atoms with Crippen molar-refractivity contribution in [2.75, 3.05) is 6.26 Å². The van der Waals surface area contributed by atoms with Gasteiger partial charge < -0.3 is 14.7 Å². The number of phosphoric acid groups is 1. The number of hydrogen-bond donors (Lipinski definition) is 4. The molecule has 0 bridgehead atoms. The minimum Gasteiger partial charge on any atom is -0.310 e. The molecular formula is CH7NO7P2S. The lowest BCUT2D eigenvalue weighted by molar-refractivity contribution is -0.131. The van der Waals surface area contributed by atoms with Crippen LogP contribution in [0.2, 0.25) is 0 Å². The van der Waals surface area contributed by atoms with E-state index in [0.717, 1.165) is 11.9 Å². The Morgan fingerprint density at radius 2 is 1.75 bits per heavy atom. The molecule has 0 saturated heterocycles. The summed E-state index contributed by atoms with van der Waals surface area (Å²) >= 11 is 0.738. The third kappa shape index (κ3) is 7.23. The zero-order valence-corrected chi connectivity index (χ0v) is 8.38. The predicted molar refractivity (Wildman–Crippen MR) is 40.7 cm³/mol. The van der Waals surface area contributed by atoms with E-state index in [1.54, 1.807) is 0 Å². The van der Waals surface area contributed by atoms with Crippen LogP contribution < -0.4 is 4.49 Å². The minimum absolute atomic E-state index is 0.738. The van der Waals surface area contributed by atoms with Gasteiger partial charge in [0.1, 0.15) is 0 Å². The average Bonchev–Trinajstić information content (AvgIpc) is 1.83. The monoisotopic (exact) mass is 239 g/mol. The lowest BCUT2D eigenvalue weighted by atomic mass is 12.0. The second kappa shape index (κ2) is 4.71. The van der Waals surface area contributed by atoms with Gasteiger partial charge in [0.2, 0.25) is 0 Å². The molecule has 4 N–H and O–H groups in total. The van der Waals surface area contributed by atoms with Crippen LogP contribution in [0.3, 0.4) is 0 Å². The highest BCUT2D eigenvalue weighted by molar-refractivity contribution is 8.01. The van der Waals surface area contributed by atoms with Gasteiger partial charge in [-0.15, -0.1) is 9.35 Å². The summed E-state index contributed by atoms with van der Waals surface area (Å²) in [6.07, 6.45) is 1.42. The summed E-state index contributed by atoms with van der Waals surface area (Å²) < 4.78 is 29.3. The van der Waals surface area contributed by atoms with Crippen LogP contribution in [0, 0.1) is 0 Å². The van der Waals surface area contributed by atoms with Gasteiger partial charge in [0.05, 0.1) is 0 Å². The fraction of sp³-hybridized carbons (Fsp3) is 1.00. The van der Waals surface area contributed by atoms with Crippen LogP contribution in [0.25, 0.3) is 0 Å². The Morgan fingerprint density at radius 3 is 2.08 bits per heavy atom. The van der Waals surface area contributed by atoms with Crippen molar-refractivity contribution in [1.82, 2.24) is 4.49 Å². The largest absolute Gasteiger partial charge is 0.497 e. The van der Waals surface area contributed by atoms with Crippen molar-refractivity contribution < 1.29 is 33.2 Å². The van der Waals surface area contributed by atoms with Gasteiger partial charge in [0.25, 0.3) is 0 Å². The van der Waals surface area contributed by atoms with Crippen LogP contribution in [-0.4, -0.2) is 20.9 Å². The second-order valence-corrected chi connectivity index (χ2v) is 4.91. The van der Waals surface area contributed by atoms with E-state index in [-0.39, 0.29) is 0 Å². The Labute approximate surface area is 72.2 Å². The first-order chi connectivity index (χ1) is 5.27. The Balaban J connectivity index is 3.93. The van der Waals surface area contributed by atoms with Gasteiger partial charge in [-0.2, -0.15) is 4.49 Å². The van der Waals surface area contributed by atoms with Crippen molar-refractivity contribution in [3.8, 4) is 0 Å². The summed E-state index contributed by atoms with van der Waals surface area (Å²) in [6.45, 7) is 0. The molecule has 0 aromatic carbocycles. The molecule has 8 nitrogen and oxygen atoms in total. The number of nitrogens with one attached hydrogen (secondary N) is 1. The Kier molecular flexibility index (Phi) is 4.93. The van der Waals surface area contributed by atoms with Crippen LogP contribution in [-0.2, 0) is 18.5 Å². The lowest BCUT2D eigenvalue weighted by Crippen LogP contribution is -2.02. The molecule has 0 aliphatic heterocycles. The van der Waals surface area contributed by atoms with Crippen molar-refractivity contribution in [2.45, 2.75) is 0 Å². The van der Waals surface area contributed by atoms with Gasteiger partial charge in [0, 0.05) is 0 Å². The van der Waals surface area contributed by atoms with E-state index < -0.39 is 15.6 Å². The molecule has 0 spiro atoms. The van der Waals surface area contributed by atoms with E-state index in [9.17, 15) is 9.13 Å². The van der Waals surface area contributed by atoms with Gasteiger partial charge in [-0.1, -0.05) is 11.9 Å². The summed E-state index contributed by atoms with van der Waals surface area (Å²) in [5.74, 6) is 0. The van der Waals surface area contributed by atoms with Crippen LogP contribution >= 0.6 is 27.5 Å². The maximum atomic E-state index is 10.6. The Morgan fingerprint density at radius 1 is 1.25 bits per heavy atom. The molecule has 74 valence electrons. The fourth-order valence-corrected chi connectivity index (χ4v) is 1.97. The standard InChI is InChI=1S/CH7NO7P2S/c1-12-2-10(3,4)8-9-11(5,6)7/h1H3,(H2,2,3,4)(H2,5,6,7). The quantitative estimate of drug-likeness (QED) is 0.227. The Hall–Kier alpha value is 0.570. The highest BCUT2D eigenvalue weighted by Crippen LogP contribution is 2.46. The van der Waals surface area contributed by atoms with Crippen molar-refractivity contribution in [1.29, 1.82) is 0 Å². The molecule has 0 aliphatic rings. The van der Waals surface area contributed by atoms with Gasteiger partial charge in [-0.3, -0.25) is 0 Å². The zero-order chi connectivity index (χ0) is 9.83. The average molecular weight is 239 g/mol. The first kappa shape index (κ1) is 12.6. The third-order valence-electron chi connectivity index (χ3n) is 0.438. The van der Waals surface area contributed by atoms with E-state index in [0.29, 0.717) is 0 Å². The molecule has 0 aliphatic carbocycles. The van der Waals surface area contributed by atoms with Crippen molar-refractivity contribution in [3.05, 3.63) is 0 Å². The summed E-state index contributed by atoms with van der Waals surface area (Å²) in [7, 11) is -9.18. The molecule has 0 rings (SSSR count). The van der Waals surface area contributed by atoms with Crippen molar-refractivity contribution in [3.63, 3.8) is 0 Å². The van der Waals surface area contributed by atoms with Crippen LogP contribution in [0.5, 0.6) is 0 Å². The summed E-state index contributed by atoms with van der Waals surface area (Å²) in [5, 5.41) is 0. The molecule has 1 unspecified atom stereocenters. The van der Waals surface area contributed by atoms with Gasteiger partial charge >= 0.3 is 15.6 Å². The lowest BCUT2D eigenvalue weighted by Gasteiger charge is -2.09. The fourth-order valence-electron chi connectivity index (χ4n) is 0.219. The topological polar surface area (TPSA) is 125 Å². The molecule has 1 atom stereocenters. The van der Waals surface area contributed by atoms with E-state index in [4.69, 9.17) is 14.7 Å².